The second-order valence-corrected chi connectivity index (χ2v) is 5.79. The maximum Gasteiger partial charge on any atom is 0.245 e. The molecule has 0 unspecified atom stereocenters. The van der Waals surface area contributed by atoms with Gasteiger partial charge in [-0.05, 0) is 11.4 Å². The molecule has 0 fully saturated rings. The Morgan fingerprint density at radius 1 is 1.57 bits per heavy atom. The van der Waals surface area contributed by atoms with E-state index in [2.05, 4.69) is 0 Å². The summed E-state index contributed by atoms with van der Waals surface area (Å²) >= 11 is 1.19. The van der Waals surface area contributed by atoms with Gasteiger partial charge in [-0.2, -0.15) is 4.31 Å². The number of fused-ring (bicyclic) bond motifs is 1. The van der Waals surface area contributed by atoms with E-state index in [1.165, 1.54) is 21.7 Å². The number of ketones is 1. The van der Waals surface area contributed by atoms with Crippen LogP contribution in [0.3, 0.4) is 0 Å². The summed E-state index contributed by atoms with van der Waals surface area (Å²) < 4.78 is 24.8. The Bertz CT molecular complexity index is 475. The lowest BCUT2D eigenvalue weighted by Crippen LogP contribution is -2.39. The molecule has 0 radical (unpaired) electrons. The van der Waals surface area contributed by atoms with Crippen LogP contribution in [0.4, 0.5) is 0 Å². The molecule has 0 atom stereocenters. The van der Waals surface area contributed by atoms with E-state index in [-0.39, 0.29) is 17.2 Å². The molecule has 0 bridgehead atoms. The van der Waals surface area contributed by atoms with Gasteiger partial charge in [-0.3, -0.25) is 4.79 Å². The number of carbonyl (C=O) groups excluding carboxylic acids is 1. The van der Waals surface area contributed by atoms with Crippen molar-refractivity contribution in [1.29, 1.82) is 0 Å². The maximum absolute atomic E-state index is 11.8. The monoisotopic (exact) mass is 231 g/mol. The number of rotatable bonds is 1. The van der Waals surface area contributed by atoms with Gasteiger partial charge in [0.25, 0.3) is 0 Å². The van der Waals surface area contributed by atoms with E-state index in [0.717, 1.165) is 0 Å². The van der Waals surface area contributed by atoms with Crippen LogP contribution in [0.2, 0.25) is 0 Å². The smallest absolute Gasteiger partial charge is 0.245 e. The summed E-state index contributed by atoms with van der Waals surface area (Å²) in [4.78, 5) is 12.0. The van der Waals surface area contributed by atoms with E-state index >= 15 is 0 Å². The highest BCUT2D eigenvalue weighted by molar-refractivity contribution is 7.89. The number of sulfonamides is 1. The zero-order valence-electron chi connectivity index (χ0n) is 7.56. The predicted molar refractivity (Wildman–Crippen MR) is 53.1 cm³/mol. The summed E-state index contributed by atoms with van der Waals surface area (Å²) in [6.45, 7) is 2.04. The normalized spacial score (nSPS) is 20.8. The van der Waals surface area contributed by atoms with E-state index in [1.807, 2.05) is 0 Å². The summed E-state index contributed by atoms with van der Waals surface area (Å²) in [6, 6.07) is 1.50. The summed E-state index contributed by atoms with van der Waals surface area (Å²) in [6.07, 6.45) is 0. The molecule has 1 aliphatic rings. The third kappa shape index (κ3) is 1.22. The second-order valence-electron chi connectivity index (χ2n) is 2.97. The Hall–Kier alpha value is -0.720. The van der Waals surface area contributed by atoms with Crippen LogP contribution >= 0.6 is 11.3 Å². The van der Waals surface area contributed by atoms with Gasteiger partial charge in [-0.25, -0.2) is 8.42 Å². The molecule has 14 heavy (non-hydrogen) atoms. The van der Waals surface area contributed by atoms with E-state index < -0.39 is 10.0 Å². The van der Waals surface area contributed by atoms with E-state index in [4.69, 9.17) is 0 Å². The molecule has 0 saturated heterocycles. The molecule has 1 aromatic heterocycles. The topological polar surface area (TPSA) is 54.5 Å². The molecule has 2 heterocycles. The quantitative estimate of drug-likeness (QED) is 0.723. The van der Waals surface area contributed by atoms with Gasteiger partial charge in [0.1, 0.15) is 4.90 Å². The van der Waals surface area contributed by atoms with Crippen LogP contribution in [-0.4, -0.2) is 31.6 Å². The van der Waals surface area contributed by atoms with E-state index in [0.29, 0.717) is 11.4 Å². The minimum Gasteiger partial charge on any atom is -0.292 e. The standard InChI is InChI=1S/C8H9NO3S2/c1-2-9-5-6(10)8-7(3-4-13-8)14(9,11)12/h3-4H,2,5H2,1H3. The van der Waals surface area contributed by atoms with Gasteiger partial charge < -0.3 is 0 Å². The lowest BCUT2D eigenvalue weighted by Gasteiger charge is -2.23. The highest BCUT2D eigenvalue weighted by atomic mass is 32.2. The molecular formula is C8H9NO3S2. The average molecular weight is 231 g/mol. The van der Waals surface area contributed by atoms with Gasteiger partial charge in [-0.1, -0.05) is 6.92 Å². The summed E-state index contributed by atoms with van der Waals surface area (Å²) in [5, 5.41) is 1.64. The van der Waals surface area contributed by atoms with Gasteiger partial charge >= 0.3 is 0 Å². The molecule has 2 rings (SSSR count). The SMILES string of the molecule is CCN1CC(=O)c2sccc2S1(=O)=O. The fraction of sp³-hybridized carbons (Fsp3) is 0.375. The Kier molecular flexibility index (Phi) is 2.21. The zero-order chi connectivity index (χ0) is 10.3. The van der Waals surface area contributed by atoms with Crippen molar-refractivity contribution in [3.05, 3.63) is 16.3 Å². The molecule has 0 aromatic carbocycles. The number of carbonyl (C=O) groups is 1. The number of hydrogen-bond donors (Lipinski definition) is 0. The zero-order valence-corrected chi connectivity index (χ0v) is 9.19. The Labute approximate surface area is 86.2 Å². The molecule has 1 aliphatic heterocycles. The lowest BCUT2D eigenvalue weighted by molar-refractivity contribution is 0.0962. The maximum atomic E-state index is 11.8. The van der Waals surface area contributed by atoms with Gasteiger partial charge in [0.15, 0.2) is 5.78 Å². The van der Waals surface area contributed by atoms with Crippen LogP contribution in [0.5, 0.6) is 0 Å². The van der Waals surface area contributed by atoms with Crippen LogP contribution in [0, 0.1) is 0 Å². The predicted octanol–water partition coefficient (Wildman–Crippen LogP) is 0.955. The van der Waals surface area contributed by atoms with E-state index in [1.54, 1.807) is 12.3 Å². The van der Waals surface area contributed by atoms with Gasteiger partial charge in [0.2, 0.25) is 10.0 Å². The van der Waals surface area contributed by atoms with Crippen molar-refractivity contribution in [2.45, 2.75) is 11.8 Å². The average Bonchev–Trinajstić information content (AvgIpc) is 2.60. The minimum atomic E-state index is -3.40. The largest absolute Gasteiger partial charge is 0.292 e. The van der Waals surface area contributed by atoms with Crippen molar-refractivity contribution in [2.75, 3.05) is 13.1 Å². The lowest BCUT2D eigenvalue weighted by atomic mass is 10.3. The van der Waals surface area contributed by atoms with Crippen LogP contribution in [0.1, 0.15) is 16.6 Å². The first-order valence-electron chi connectivity index (χ1n) is 4.18. The summed E-state index contributed by atoms with van der Waals surface area (Å²) in [7, 11) is -3.40. The second kappa shape index (κ2) is 3.15. The highest BCUT2D eigenvalue weighted by Gasteiger charge is 2.35. The molecule has 1 aromatic rings. The van der Waals surface area contributed by atoms with Gasteiger partial charge in [0, 0.05) is 6.54 Å². The first kappa shape index (κ1) is 9.82. The fourth-order valence-electron chi connectivity index (χ4n) is 1.44. The van der Waals surface area contributed by atoms with Crippen molar-refractivity contribution < 1.29 is 13.2 Å². The molecule has 0 amide bonds. The molecule has 6 heteroatoms. The van der Waals surface area contributed by atoms with Crippen LogP contribution in [0.25, 0.3) is 0 Å². The number of thiophene rings is 1. The van der Waals surface area contributed by atoms with Gasteiger partial charge in [-0.15, -0.1) is 11.3 Å². The first-order chi connectivity index (χ1) is 6.57. The number of nitrogens with zero attached hydrogens (tertiary/aromatic N) is 1. The number of Topliss-reactive ketones (excluding diaryl/α,β-unsaturated/α-hetero) is 1. The van der Waals surface area contributed by atoms with E-state index in [9.17, 15) is 13.2 Å². The van der Waals surface area contributed by atoms with Crippen LogP contribution < -0.4 is 0 Å². The Balaban J connectivity index is 2.64. The molecule has 0 N–H and O–H groups in total. The van der Waals surface area contributed by atoms with Crippen molar-refractivity contribution in [2.24, 2.45) is 0 Å². The summed E-state index contributed by atoms with van der Waals surface area (Å²) in [5.41, 5.74) is 0. The van der Waals surface area contributed by atoms with Crippen molar-refractivity contribution in [3.63, 3.8) is 0 Å². The third-order valence-corrected chi connectivity index (χ3v) is 5.22. The van der Waals surface area contributed by atoms with Crippen LogP contribution in [-0.2, 0) is 10.0 Å². The molecule has 0 saturated carbocycles. The molecule has 0 spiro atoms. The highest BCUT2D eigenvalue weighted by Crippen LogP contribution is 2.29. The molecular weight excluding hydrogens is 222 g/mol. The van der Waals surface area contributed by atoms with Crippen molar-refractivity contribution in [1.82, 2.24) is 4.31 Å². The van der Waals surface area contributed by atoms with Crippen molar-refractivity contribution in [3.8, 4) is 0 Å². The first-order valence-corrected chi connectivity index (χ1v) is 6.50. The Morgan fingerprint density at radius 3 is 2.93 bits per heavy atom. The molecule has 0 aliphatic carbocycles. The Morgan fingerprint density at radius 2 is 2.29 bits per heavy atom. The minimum absolute atomic E-state index is 0.0215. The fourth-order valence-corrected chi connectivity index (χ4v) is 4.20. The number of likely N-dealkylation sites (N-methyl/N-ethyl adjacent to an activating group) is 1. The van der Waals surface area contributed by atoms with Crippen LogP contribution in [0.15, 0.2) is 16.3 Å². The molecule has 76 valence electrons. The molecule has 4 nitrogen and oxygen atoms in total. The summed E-state index contributed by atoms with van der Waals surface area (Å²) in [5.74, 6) is -0.105. The van der Waals surface area contributed by atoms with Crippen molar-refractivity contribution >= 4 is 27.1 Å². The third-order valence-electron chi connectivity index (χ3n) is 2.17. The number of hydrogen-bond acceptors (Lipinski definition) is 4. The van der Waals surface area contributed by atoms with Gasteiger partial charge in [0.05, 0.1) is 11.4 Å².